The largest absolute Gasteiger partial charge is 0.465 e. The van der Waals surface area contributed by atoms with E-state index in [2.05, 4.69) is 10.3 Å². The zero-order valence-corrected chi connectivity index (χ0v) is 10.9. The van der Waals surface area contributed by atoms with Gasteiger partial charge in [0.2, 0.25) is 5.91 Å². The van der Waals surface area contributed by atoms with E-state index in [1.54, 1.807) is 18.3 Å². The van der Waals surface area contributed by atoms with Crippen LogP contribution in [0.25, 0.3) is 0 Å². The molecule has 0 aromatic carbocycles. The second-order valence-corrected chi connectivity index (χ2v) is 4.77. The molecule has 0 bridgehead atoms. The third-order valence-electron chi connectivity index (χ3n) is 3.14. The predicted molar refractivity (Wildman–Crippen MR) is 70.2 cm³/mol. The summed E-state index contributed by atoms with van der Waals surface area (Å²) in [5.41, 5.74) is 0. The summed E-state index contributed by atoms with van der Waals surface area (Å²) in [5.74, 6) is -0.0193. The van der Waals surface area contributed by atoms with Crippen molar-refractivity contribution in [1.29, 1.82) is 0 Å². The minimum atomic E-state index is -0.938. The molecule has 7 heteroatoms. The molecule has 2 N–H and O–H groups in total. The van der Waals surface area contributed by atoms with Crippen LogP contribution in [0.1, 0.15) is 12.8 Å². The van der Waals surface area contributed by atoms with E-state index in [1.165, 1.54) is 4.90 Å². The Labute approximate surface area is 115 Å². The number of nitrogens with zero attached hydrogens (tertiary/aromatic N) is 2. The molecule has 0 atom stereocenters. The molecule has 1 aromatic rings. The molecule has 2 amide bonds. The first-order chi connectivity index (χ1) is 9.08. The number of carbonyl (C=O) groups excluding carboxylic acids is 1. The van der Waals surface area contributed by atoms with Crippen molar-refractivity contribution in [2.45, 2.75) is 12.8 Å². The fraction of sp³-hybridized carbons (Fsp3) is 0.417. The monoisotopic (exact) mass is 283 g/mol. The highest BCUT2D eigenvalue weighted by Gasteiger charge is 2.27. The molecule has 102 valence electrons. The molecule has 0 spiro atoms. The van der Waals surface area contributed by atoms with E-state index in [-0.39, 0.29) is 11.8 Å². The zero-order chi connectivity index (χ0) is 13.8. The lowest BCUT2D eigenvalue weighted by Gasteiger charge is -2.29. The molecule has 0 saturated carbocycles. The van der Waals surface area contributed by atoms with E-state index in [9.17, 15) is 9.59 Å². The summed E-state index contributed by atoms with van der Waals surface area (Å²) >= 11 is 5.91. The minimum Gasteiger partial charge on any atom is -0.465 e. The van der Waals surface area contributed by atoms with E-state index in [0.29, 0.717) is 36.8 Å². The number of carbonyl (C=O) groups is 2. The number of amides is 2. The molecule has 0 aliphatic carbocycles. The van der Waals surface area contributed by atoms with Gasteiger partial charge in [0, 0.05) is 25.2 Å². The maximum atomic E-state index is 12.0. The molecule has 19 heavy (non-hydrogen) atoms. The Balaban J connectivity index is 1.92. The fourth-order valence-corrected chi connectivity index (χ4v) is 2.20. The third-order valence-corrected chi connectivity index (χ3v) is 3.44. The summed E-state index contributed by atoms with van der Waals surface area (Å²) in [6.45, 7) is 0.757. The molecule has 1 aliphatic rings. The van der Waals surface area contributed by atoms with Crippen molar-refractivity contribution in [2.24, 2.45) is 5.92 Å². The average Bonchev–Trinajstić information content (AvgIpc) is 2.41. The maximum Gasteiger partial charge on any atom is 0.407 e. The van der Waals surface area contributed by atoms with Crippen molar-refractivity contribution < 1.29 is 14.7 Å². The highest BCUT2D eigenvalue weighted by Crippen LogP contribution is 2.22. The summed E-state index contributed by atoms with van der Waals surface area (Å²) < 4.78 is 0. The fourth-order valence-electron chi connectivity index (χ4n) is 2.03. The number of hydrogen-bond donors (Lipinski definition) is 2. The van der Waals surface area contributed by atoms with Gasteiger partial charge in [-0.25, -0.2) is 9.78 Å². The first-order valence-electron chi connectivity index (χ1n) is 5.97. The number of halogens is 1. The molecule has 0 unspecified atom stereocenters. The summed E-state index contributed by atoms with van der Waals surface area (Å²) in [6, 6.07) is 3.33. The predicted octanol–water partition coefficient (Wildman–Crippen LogP) is 2.06. The zero-order valence-electron chi connectivity index (χ0n) is 10.2. The lowest BCUT2D eigenvalue weighted by atomic mass is 9.96. The van der Waals surface area contributed by atoms with Crippen LogP contribution in [0.2, 0.25) is 5.02 Å². The van der Waals surface area contributed by atoms with Gasteiger partial charge in [-0.2, -0.15) is 0 Å². The maximum absolute atomic E-state index is 12.0. The van der Waals surface area contributed by atoms with Crippen LogP contribution in [0.15, 0.2) is 18.3 Å². The number of nitrogens with one attached hydrogen (secondary N) is 1. The third kappa shape index (κ3) is 3.35. The van der Waals surface area contributed by atoms with Crippen LogP contribution >= 0.6 is 11.6 Å². The van der Waals surface area contributed by atoms with Gasteiger partial charge in [-0.3, -0.25) is 4.79 Å². The number of rotatable bonds is 2. The van der Waals surface area contributed by atoms with E-state index < -0.39 is 6.09 Å². The van der Waals surface area contributed by atoms with Crippen molar-refractivity contribution in [3.8, 4) is 0 Å². The normalized spacial score (nSPS) is 16.2. The molecule has 6 nitrogen and oxygen atoms in total. The van der Waals surface area contributed by atoms with Crippen LogP contribution in [0, 0.1) is 5.92 Å². The number of piperidine rings is 1. The second kappa shape index (κ2) is 5.88. The number of carboxylic acid groups (broad SMARTS) is 1. The van der Waals surface area contributed by atoms with E-state index in [0.717, 1.165) is 0 Å². The minimum absolute atomic E-state index is 0.161. The first kappa shape index (κ1) is 13.6. The lowest BCUT2D eigenvalue weighted by molar-refractivity contribution is -0.121. The Bertz CT molecular complexity index is 487. The molecular formula is C12H14ClN3O3. The van der Waals surface area contributed by atoms with Gasteiger partial charge in [0.25, 0.3) is 0 Å². The highest BCUT2D eigenvalue weighted by atomic mass is 35.5. The van der Waals surface area contributed by atoms with Gasteiger partial charge in [-0.1, -0.05) is 11.6 Å². The molecule has 2 heterocycles. The van der Waals surface area contributed by atoms with Crippen LogP contribution in [-0.2, 0) is 4.79 Å². The summed E-state index contributed by atoms with van der Waals surface area (Å²) in [4.78, 5) is 28.1. The van der Waals surface area contributed by atoms with Crippen molar-refractivity contribution in [1.82, 2.24) is 9.88 Å². The van der Waals surface area contributed by atoms with E-state index in [1.807, 2.05) is 0 Å². The van der Waals surface area contributed by atoms with E-state index >= 15 is 0 Å². The van der Waals surface area contributed by atoms with Crippen LogP contribution in [-0.4, -0.2) is 40.1 Å². The topological polar surface area (TPSA) is 82.5 Å². The molecule has 1 aliphatic heterocycles. The molecule has 1 fully saturated rings. The van der Waals surface area contributed by atoms with Gasteiger partial charge >= 0.3 is 6.09 Å². The smallest absolute Gasteiger partial charge is 0.407 e. The van der Waals surface area contributed by atoms with Gasteiger partial charge in [0.1, 0.15) is 0 Å². The lowest BCUT2D eigenvalue weighted by Crippen LogP contribution is -2.40. The van der Waals surface area contributed by atoms with Crippen molar-refractivity contribution in [3.05, 3.63) is 23.4 Å². The van der Waals surface area contributed by atoms with Gasteiger partial charge in [-0.15, -0.1) is 0 Å². The van der Waals surface area contributed by atoms with E-state index in [4.69, 9.17) is 16.7 Å². The summed E-state index contributed by atoms with van der Waals surface area (Å²) in [5, 5.41) is 11.9. The summed E-state index contributed by atoms with van der Waals surface area (Å²) in [6.07, 6.45) is 1.64. The molecule has 1 aromatic heterocycles. The number of anilines is 1. The van der Waals surface area contributed by atoms with Crippen LogP contribution in [0.3, 0.4) is 0 Å². The van der Waals surface area contributed by atoms with Crippen molar-refractivity contribution in [2.75, 3.05) is 18.4 Å². The number of pyridine rings is 1. The van der Waals surface area contributed by atoms with Crippen molar-refractivity contribution >= 4 is 29.4 Å². The second-order valence-electron chi connectivity index (χ2n) is 4.37. The van der Waals surface area contributed by atoms with Crippen LogP contribution in [0.4, 0.5) is 10.6 Å². The molecule has 1 saturated heterocycles. The summed E-state index contributed by atoms with van der Waals surface area (Å²) in [7, 11) is 0. The SMILES string of the molecule is O=C(Nc1ncccc1Cl)C1CCN(C(=O)O)CC1. The molecule has 2 rings (SSSR count). The van der Waals surface area contributed by atoms with Gasteiger partial charge in [-0.05, 0) is 25.0 Å². The first-order valence-corrected chi connectivity index (χ1v) is 6.35. The number of aromatic nitrogens is 1. The standard InChI is InChI=1S/C12H14ClN3O3/c13-9-2-1-5-14-10(9)15-11(17)8-3-6-16(7-4-8)12(18)19/h1-2,5,8H,3-4,6-7H2,(H,18,19)(H,14,15,17). The Morgan fingerprint density at radius 2 is 2.11 bits per heavy atom. The molecular weight excluding hydrogens is 270 g/mol. The van der Waals surface area contributed by atoms with Gasteiger partial charge < -0.3 is 15.3 Å². The Hall–Kier alpha value is -1.82. The number of likely N-dealkylation sites (tertiary alicyclic amines) is 1. The van der Waals surface area contributed by atoms with Crippen LogP contribution in [0.5, 0.6) is 0 Å². The van der Waals surface area contributed by atoms with Crippen LogP contribution < -0.4 is 5.32 Å². The molecule has 0 radical (unpaired) electrons. The number of hydrogen-bond acceptors (Lipinski definition) is 3. The highest BCUT2D eigenvalue weighted by molar-refractivity contribution is 6.33. The van der Waals surface area contributed by atoms with Gasteiger partial charge in [0.15, 0.2) is 5.82 Å². The van der Waals surface area contributed by atoms with Crippen molar-refractivity contribution in [3.63, 3.8) is 0 Å². The quantitative estimate of drug-likeness (QED) is 0.870. The Kier molecular flexibility index (Phi) is 4.21. The Morgan fingerprint density at radius 3 is 2.68 bits per heavy atom. The Morgan fingerprint density at radius 1 is 1.42 bits per heavy atom. The average molecular weight is 284 g/mol. The van der Waals surface area contributed by atoms with Gasteiger partial charge in [0.05, 0.1) is 5.02 Å².